The van der Waals surface area contributed by atoms with Gasteiger partial charge in [0.25, 0.3) is 0 Å². The number of phenolic OH excluding ortho intramolecular Hbond substituents is 1. The maximum absolute atomic E-state index is 13.9. The molecule has 154 valence electrons. The highest BCUT2D eigenvalue weighted by Crippen LogP contribution is 2.36. The Morgan fingerprint density at radius 2 is 1.53 bits per heavy atom. The number of halogens is 2. The van der Waals surface area contributed by atoms with Gasteiger partial charge in [-0.05, 0) is 48.5 Å². The summed E-state index contributed by atoms with van der Waals surface area (Å²) in [5, 5.41) is 10.4. The van der Waals surface area contributed by atoms with E-state index in [9.17, 15) is 13.9 Å². The molecular formula is C22H19F2N3O3. The predicted molar refractivity (Wildman–Crippen MR) is 112 cm³/mol. The zero-order chi connectivity index (χ0) is 21.7. The smallest absolute Gasteiger partial charge is 0.167 e. The number of phenols is 1. The number of anilines is 2. The number of aromatic nitrogens is 1. The van der Waals surface area contributed by atoms with Gasteiger partial charge in [0, 0.05) is 35.1 Å². The lowest BCUT2D eigenvalue weighted by molar-refractivity contribution is 0.374. The molecule has 0 saturated heterocycles. The van der Waals surface area contributed by atoms with Crippen molar-refractivity contribution >= 4 is 22.3 Å². The maximum atomic E-state index is 13.9. The van der Waals surface area contributed by atoms with Crippen LogP contribution in [0.25, 0.3) is 10.9 Å². The molecular weight excluding hydrogens is 392 g/mol. The Hall–Kier alpha value is -4.07. The van der Waals surface area contributed by atoms with Crippen molar-refractivity contribution in [3.8, 4) is 23.0 Å². The van der Waals surface area contributed by atoms with Crippen LogP contribution in [-0.4, -0.2) is 17.2 Å². The molecule has 0 aliphatic rings. The lowest BCUT2D eigenvalue weighted by Gasteiger charge is -2.11. The molecule has 0 atom stereocenters. The third kappa shape index (κ3) is 4.85. The van der Waals surface area contributed by atoms with E-state index in [0.29, 0.717) is 28.0 Å². The van der Waals surface area contributed by atoms with Crippen molar-refractivity contribution in [3.05, 3.63) is 78.5 Å². The molecule has 3 aromatic carbocycles. The van der Waals surface area contributed by atoms with Crippen LogP contribution in [0.5, 0.6) is 23.0 Å². The Bertz CT molecular complexity index is 1150. The molecule has 1 heterocycles. The Labute approximate surface area is 171 Å². The highest BCUT2D eigenvalue weighted by Gasteiger charge is 2.12. The third-order valence-electron chi connectivity index (χ3n) is 4.05. The second kappa shape index (κ2) is 8.95. The number of nitrogens with zero attached hydrogens (tertiary/aromatic N) is 1. The fourth-order valence-electron chi connectivity index (χ4n) is 2.57. The summed E-state index contributed by atoms with van der Waals surface area (Å²) in [5.41, 5.74) is 12.2. The van der Waals surface area contributed by atoms with Crippen LogP contribution in [0.1, 0.15) is 0 Å². The maximum Gasteiger partial charge on any atom is 0.167 e. The minimum atomic E-state index is -0.560. The van der Waals surface area contributed by atoms with Gasteiger partial charge in [0.05, 0.1) is 12.6 Å². The first-order valence-electron chi connectivity index (χ1n) is 8.77. The molecule has 0 aliphatic carbocycles. The fourth-order valence-corrected chi connectivity index (χ4v) is 2.57. The van der Waals surface area contributed by atoms with E-state index < -0.39 is 5.82 Å². The molecule has 0 fully saturated rings. The molecule has 0 bridgehead atoms. The number of methoxy groups -OCH3 is 1. The first kappa shape index (κ1) is 20.7. The first-order chi connectivity index (χ1) is 14.4. The molecule has 6 nitrogen and oxygen atoms in total. The Morgan fingerprint density at radius 3 is 2.17 bits per heavy atom. The number of nitrogens with two attached hydrogens (primary N) is 2. The van der Waals surface area contributed by atoms with Gasteiger partial charge in [-0.15, -0.1) is 0 Å². The van der Waals surface area contributed by atoms with Crippen LogP contribution in [0.15, 0.2) is 66.9 Å². The SMILES string of the molecule is COc1cc2c(Oc3ccc(N)cc3F)ccnc2cc1O.Nc1ccc(F)cc1. The second-order valence-electron chi connectivity index (χ2n) is 6.19. The summed E-state index contributed by atoms with van der Waals surface area (Å²) in [5.74, 6) is -0.114. The predicted octanol–water partition coefficient (Wildman–Crippen LogP) is 4.87. The molecule has 0 aliphatic heterocycles. The highest BCUT2D eigenvalue weighted by atomic mass is 19.1. The van der Waals surface area contributed by atoms with Gasteiger partial charge in [0.15, 0.2) is 23.1 Å². The number of aromatic hydroxyl groups is 1. The van der Waals surface area contributed by atoms with Crippen LogP contribution in [0, 0.1) is 11.6 Å². The van der Waals surface area contributed by atoms with Crippen LogP contribution in [0.2, 0.25) is 0 Å². The fraction of sp³-hybridized carbons (Fsp3) is 0.0455. The van der Waals surface area contributed by atoms with Crippen molar-refractivity contribution in [2.24, 2.45) is 0 Å². The van der Waals surface area contributed by atoms with Gasteiger partial charge in [0.2, 0.25) is 0 Å². The van der Waals surface area contributed by atoms with Crippen LogP contribution in [0.3, 0.4) is 0 Å². The number of ether oxygens (including phenoxy) is 2. The molecule has 0 saturated carbocycles. The van der Waals surface area contributed by atoms with E-state index in [0.717, 1.165) is 0 Å². The van der Waals surface area contributed by atoms with Crippen LogP contribution < -0.4 is 20.9 Å². The number of rotatable bonds is 3. The molecule has 0 spiro atoms. The van der Waals surface area contributed by atoms with Crippen molar-refractivity contribution in [2.45, 2.75) is 0 Å². The standard InChI is InChI=1S/C16H13FN2O3.C6H6FN/c1-21-16-7-10-12(8-13(16)20)19-5-4-14(10)22-15-3-2-9(18)6-11(15)17;7-5-1-3-6(8)4-2-5/h2-8,20H,18H2,1H3;1-4H,8H2. The second-order valence-corrected chi connectivity index (χ2v) is 6.19. The lowest BCUT2D eigenvalue weighted by atomic mass is 10.2. The quantitative estimate of drug-likeness (QED) is 0.416. The van der Waals surface area contributed by atoms with Gasteiger partial charge in [-0.2, -0.15) is 0 Å². The van der Waals surface area contributed by atoms with E-state index in [-0.39, 0.29) is 23.1 Å². The molecule has 8 heteroatoms. The molecule has 1 aromatic heterocycles. The molecule has 0 radical (unpaired) electrons. The molecule has 4 aromatic rings. The number of pyridine rings is 1. The van der Waals surface area contributed by atoms with E-state index in [2.05, 4.69) is 4.98 Å². The number of benzene rings is 3. The molecule has 4 rings (SSSR count). The average Bonchev–Trinajstić information content (AvgIpc) is 2.72. The van der Waals surface area contributed by atoms with E-state index >= 15 is 0 Å². The Balaban J connectivity index is 0.000000269. The molecule has 30 heavy (non-hydrogen) atoms. The number of hydrogen-bond donors (Lipinski definition) is 3. The van der Waals surface area contributed by atoms with E-state index in [4.69, 9.17) is 20.9 Å². The third-order valence-corrected chi connectivity index (χ3v) is 4.05. The van der Waals surface area contributed by atoms with E-state index in [1.165, 1.54) is 55.8 Å². The average molecular weight is 411 g/mol. The summed E-state index contributed by atoms with van der Waals surface area (Å²) < 4.78 is 36.6. The van der Waals surface area contributed by atoms with Crippen LogP contribution in [-0.2, 0) is 0 Å². The van der Waals surface area contributed by atoms with Gasteiger partial charge in [-0.25, -0.2) is 8.78 Å². The van der Waals surface area contributed by atoms with Crippen molar-refractivity contribution in [1.82, 2.24) is 4.98 Å². The number of nitrogen functional groups attached to an aromatic ring is 2. The summed E-state index contributed by atoms with van der Waals surface area (Å²) in [4.78, 5) is 4.15. The van der Waals surface area contributed by atoms with Crippen LogP contribution in [0.4, 0.5) is 20.2 Å². The molecule has 0 amide bonds. The van der Waals surface area contributed by atoms with Crippen molar-refractivity contribution in [2.75, 3.05) is 18.6 Å². The molecule has 0 unspecified atom stereocenters. The van der Waals surface area contributed by atoms with Crippen molar-refractivity contribution in [1.29, 1.82) is 0 Å². The van der Waals surface area contributed by atoms with E-state index in [1.54, 1.807) is 18.2 Å². The summed E-state index contributed by atoms with van der Waals surface area (Å²) in [6.45, 7) is 0. The normalized spacial score (nSPS) is 10.2. The van der Waals surface area contributed by atoms with Crippen LogP contribution >= 0.6 is 0 Å². The zero-order valence-electron chi connectivity index (χ0n) is 16.0. The lowest BCUT2D eigenvalue weighted by Crippen LogP contribution is -1.93. The summed E-state index contributed by atoms with van der Waals surface area (Å²) in [7, 11) is 1.44. The largest absolute Gasteiger partial charge is 0.504 e. The minimum absolute atomic E-state index is 0.0293. The topological polar surface area (TPSA) is 104 Å². The number of fused-ring (bicyclic) bond motifs is 1. The summed E-state index contributed by atoms with van der Waals surface area (Å²) in [6.07, 6.45) is 1.51. The van der Waals surface area contributed by atoms with Gasteiger partial charge < -0.3 is 26.0 Å². The van der Waals surface area contributed by atoms with E-state index in [1.807, 2.05) is 0 Å². The summed E-state index contributed by atoms with van der Waals surface area (Å²) >= 11 is 0. The van der Waals surface area contributed by atoms with Gasteiger partial charge in [-0.1, -0.05) is 0 Å². The molecule has 5 N–H and O–H groups in total. The van der Waals surface area contributed by atoms with Gasteiger partial charge in [0.1, 0.15) is 11.6 Å². The monoisotopic (exact) mass is 411 g/mol. The van der Waals surface area contributed by atoms with Crippen molar-refractivity contribution in [3.63, 3.8) is 0 Å². The van der Waals surface area contributed by atoms with Crippen molar-refractivity contribution < 1.29 is 23.4 Å². The number of hydrogen-bond acceptors (Lipinski definition) is 6. The Kier molecular flexibility index (Phi) is 6.17. The van der Waals surface area contributed by atoms with Gasteiger partial charge in [-0.3, -0.25) is 4.98 Å². The van der Waals surface area contributed by atoms with Gasteiger partial charge >= 0.3 is 0 Å². The highest BCUT2D eigenvalue weighted by molar-refractivity contribution is 5.88. The Morgan fingerprint density at radius 1 is 0.833 bits per heavy atom. The summed E-state index contributed by atoms with van der Waals surface area (Å²) in [6, 6.07) is 14.5. The zero-order valence-corrected chi connectivity index (χ0v) is 16.0. The minimum Gasteiger partial charge on any atom is -0.504 e. The first-order valence-corrected chi connectivity index (χ1v) is 8.77.